The molecule has 2 rings (SSSR count). The average Bonchev–Trinajstić information content (AvgIpc) is 2.90. The molecule has 2 unspecified atom stereocenters. The van der Waals surface area contributed by atoms with Crippen LogP contribution in [0.3, 0.4) is 0 Å². The van der Waals surface area contributed by atoms with Crippen LogP contribution in [0, 0.1) is 0 Å². The first-order valence-corrected chi connectivity index (χ1v) is 7.94. The minimum atomic E-state index is 0.173. The van der Waals surface area contributed by atoms with Crippen LogP contribution in [0.4, 0.5) is 5.82 Å². The zero-order chi connectivity index (χ0) is 15.6. The van der Waals surface area contributed by atoms with Crippen molar-refractivity contribution in [3.05, 3.63) is 16.8 Å². The van der Waals surface area contributed by atoms with Crippen molar-refractivity contribution in [1.29, 1.82) is 0 Å². The van der Waals surface area contributed by atoms with Crippen LogP contribution in [-0.2, 0) is 17.6 Å². The molecule has 0 aromatic carbocycles. The molecule has 2 heterocycles. The van der Waals surface area contributed by atoms with Gasteiger partial charge < -0.3 is 15.4 Å². The summed E-state index contributed by atoms with van der Waals surface area (Å²) in [5.41, 5.74) is 8.97. The van der Waals surface area contributed by atoms with Gasteiger partial charge in [0.2, 0.25) is 0 Å². The number of hydrogen-bond acceptors (Lipinski definition) is 5. The van der Waals surface area contributed by atoms with Crippen molar-refractivity contribution in [2.75, 3.05) is 18.6 Å². The Morgan fingerprint density at radius 2 is 2.10 bits per heavy atom. The maximum absolute atomic E-state index is 5.99. The second kappa shape index (κ2) is 6.66. The van der Waals surface area contributed by atoms with E-state index in [1.54, 1.807) is 0 Å². The number of nitrogens with two attached hydrogens (primary N) is 1. The van der Waals surface area contributed by atoms with Gasteiger partial charge in [-0.25, -0.2) is 0 Å². The normalized spacial score (nSPS) is 21.5. The van der Waals surface area contributed by atoms with Crippen LogP contribution in [0.5, 0.6) is 0 Å². The third-order valence-corrected chi connectivity index (χ3v) is 4.45. The maximum Gasteiger partial charge on any atom is 0.161 e. The summed E-state index contributed by atoms with van der Waals surface area (Å²) in [6.07, 6.45) is 2.83. The van der Waals surface area contributed by atoms with Crippen LogP contribution in [0.25, 0.3) is 0 Å². The summed E-state index contributed by atoms with van der Waals surface area (Å²) in [4.78, 5) is 2.52. The van der Waals surface area contributed by atoms with E-state index in [1.165, 1.54) is 0 Å². The molecular weight excluding hydrogens is 284 g/mol. The van der Waals surface area contributed by atoms with E-state index < -0.39 is 0 Å². The molecule has 2 atom stereocenters. The molecule has 2 N–H and O–H groups in total. The number of hydrogen-bond donors (Lipinski definition) is 1. The zero-order valence-corrected chi connectivity index (χ0v) is 14.0. The number of aromatic nitrogens is 2. The molecule has 1 saturated heterocycles. The topological polar surface area (TPSA) is 64.3 Å². The van der Waals surface area contributed by atoms with Crippen LogP contribution in [0.2, 0.25) is 0 Å². The van der Waals surface area contributed by atoms with Crippen molar-refractivity contribution in [3.8, 4) is 0 Å². The molecule has 0 saturated carbocycles. The molecule has 6 heteroatoms. The quantitative estimate of drug-likeness (QED) is 0.838. The molecule has 1 aliphatic heterocycles. The van der Waals surface area contributed by atoms with Crippen molar-refractivity contribution >= 4 is 23.0 Å². The summed E-state index contributed by atoms with van der Waals surface area (Å²) in [6, 6.07) is 0.282. The fraction of sp³-hybridized carbons (Fsp3) is 0.667. The van der Waals surface area contributed by atoms with Crippen molar-refractivity contribution < 1.29 is 4.74 Å². The van der Waals surface area contributed by atoms with Crippen LogP contribution >= 0.6 is 12.2 Å². The number of likely N-dealkylation sites (N-methyl/N-ethyl adjacent to an activating group) is 1. The predicted molar refractivity (Wildman–Crippen MR) is 88.9 cm³/mol. The largest absolute Gasteiger partial charge is 0.389 e. The minimum absolute atomic E-state index is 0.173. The highest BCUT2D eigenvalue weighted by Crippen LogP contribution is 2.28. The lowest BCUT2D eigenvalue weighted by molar-refractivity contribution is 0.118. The Hall–Kier alpha value is -1.27. The Balaban J connectivity index is 2.50. The fourth-order valence-electron chi connectivity index (χ4n) is 3.05. The van der Waals surface area contributed by atoms with E-state index in [9.17, 15) is 0 Å². The first kappa shape index (κ1) is 16.1. The van der Waals surface area contributed by atoms with Crippen LogP contribution < -0.4 is 10.6 Å². The van der Waals surface area contributed by atoms with Crippen molar-refractivity contribution in [2.24, 2.45) is 5.73 Å². The molecule has 1 aromatic heterocycles. The number of aryl methyl sites for hydroxylation is 1. The zero-order valence-electron chi connectivity index (χ0n) is 13.2. The first-order valence-electron chi connectivity index (χ1n) is 7.53. The van der Waals surface area contributed by atoms with E-state index in [4.69, 9.17) is 22.7 Å². The fourth-order valence-corrected chi connectivity index (χ4v) is 3.27. The highest BCUT2D eigenvalue weighted by Gasteiger charge is 2.31. The molecule has 21 heavy (non-hydrogen) atoms. The van der Waals surface area contributed by atoms with E-state index in [2.05, 4.69) is 35.9 Å². The molecule has 116 valence electrons. The summed E-state index contributed by atoms with van der Waals surface area (Å²) in [5.74, 6) is 0.777. The van der Waals surface area contributed by atoms with E-state index >= 15 is 0 Å². The first-order chi connectivity index (χ1) is 10.0. The molecule has 0 radical (unpaired) electrons. The summed E-state index contributed by atoms with van der Waals surface area (Å²) in [5, 5.41) is 8.79. The molecule has 0 bridgehead atoms. The average molecular weight is 308 g/mol. The lowest BCUT2D eigenvalue weighted by Crippen LogP contribution is -2.39. The lowest BCUT2D eigenvalue weighted by atomic mass is 10.0. The van der Waals surface area contributed by atoms with Crippen LogP contribution in [0.1, 0.15) is 44.0 Å². The molecule has 0 amide bonds. The predicted octanol–water partition coefficient (Wildman–Crippen LogP) is 1.85. The third kappa shape index (κ3) is 3.01. The maximum atomic E-state index is 5.99. The van der Waals surface area contributed by atoms with Gasteiger partial charge in [0.1, 0.15) is 4.99 Å². The van der Waals surface area contributed by atoms with E-state index in [1.807, 2.05) is 7.05 Å². The highest BCUT2D eigenvalue weighted by molar-refractivity contribution is 7.80. The van der Waals surface area contributed by atoms with Gasteiger partial charge in [0.15, 0.2) is 5.82 Å². The van der Waals surface area contributed by atoms with Gasteiger partial charge in [-0.1, -0.05) is 26.1 Å². The number of anilines is 1. The van der Waals surface area contributed by atoms with Gasteiger partial charge in [0.05, 0.1) is 23.4 Å². The molecule has 1 fully saturated rings. The second-order valence-electron chi connectivity index (χ2n) is 5.44. The van der Waals surface area contributed by atoms with Gasteiger partial charge in [-0.3, -0.25) is 0 Å². The Bertz CT molecular complexity index is 535. The SMILES string of the molecule is CCc1nnc(N(C)C2CCOC2C)c(C(N)=S)c1CC. The molecule has 5 nitrogen and oxygen atoms in total. The van der Waals surface area contributed by atoms with E-state index in [0.29, 0.717) is 4.99 Å². The van der Waals surface area contributed by atoms with Gasteiger partial charge in [-0.2, -0.15) is 5.10 Å². The van der Waals surface area contributed by atoms with Gasteiger partial charge in [-0.05, 0) is 31.7 Å². The molecule has 1 aliphatic rings. The van der Waals surface area contributed by atoms with Gasteiger partial charge in [-0.15, -0.1) is 5.10 Å². The standard InChI is InChI=1S/C15H24N4OS/c1-5-10-11(6-2)17-18-15(13(10)14(16)21)19(4)12-7-8-20-9(12)3/h9,12H,5-8H2,1-4H3,(H2,16,21). The second-order valence-corrected chi connectivity index (χ2v) is 5.88. The molecule has 0 aliphatic carbocycles. The number of rotatable bonds is 5. The van der Waals surface area contributed by atoms with Crippen molar-refractivity contribution in [3.63, 3.8) is 0 Å². The van der Waals surface area contributed by atoms with E-state index in [0.717, 1.165) is 48.5 Å². The summed E-state index contributed by atoms with van der Waals surface area (Å²) >= 11 is 5.29. The smallest absolute Gasteiger partial charge is 0.161 e. The number of ether oxygens (including phenoxy) is 1. The van der Waals surface area contributed by atoms with Crippen LogP contribution in [0.15, 0.2) is 0 Å². The van der Waals surface area contributed by atoms with Gasteiger partial charge >= 0.3 is 0 Å². The summed E-state index contributed by atoms with van der Waals surface area (Å²) in [7, 11) is 2.02. The Labute approximate surface area is 131 Å². The number of nitrogens with zero attached hydrogens (tertiary/aromatic N) is 3. The Kier molecular flexibility index (Phi) is 5.11. The molecule has 0 spiro atoms. The Morgan fingerprint density at radius 3 is 2.57 bits per heavy atom. The van der Waals surface area contributed by atoms with Crippen LogP contribution in [-0.4, -0.2) is 41.0 Å². The lowest BCUT2D eigenvalue weighted by Gasteiger charge is -2.29. The monoisotopic (exact) mass is 308 g/mol. The van der Waals surface area contributed by atoms with Crippen molar-refractivity contribution in [2.45, 2.75) is 52.2 Å². The summed E-state index contributed by atoms with van der Waals surface area (Å²) in [6.45, 7) is 7.04. The molecular formula is C15H24N4OS. The molecule has 1 aromatic rings. The highest BCUT2D eigenvalue weighted by atomic mass is 32.1. The third-order valence-electron chi connectivity index (χ3n) is 4.24. The van der Waals surface area contributed by atoms with Crippen molar-refractivity contribution in [1.82, 2.24) is 10.2 Å². The van der Waals surface area contributed by atoms with Gasteiger partial charge in [0, 0.05) is 13.7 Å². The van der Waals surface area contributed by atoms with E-state index in [-0.39, 0.29) is 12.1 Å². The van der Waals surface area contributed by atoms with Gasteiger partial charge in [0.25, 0.3) is 0 Å². The summed E-state index contributed by atoms with van der Waals surface area (Å²) < 4.78 is 5.66. The number of thiocarbonyl (C=S) groups is 1. The Morgan fingerprint density at radius 1 is 1.38 bits per heavy atom. The minimum Gasteiger partial charge on any atom is -0.389 e.